The summed E-state index contributed by atoms with van der Waals surface area (Å²) in [6.45, 7) is 0. The fourth-order valence-electron chi connectivity index (χ4n) is 2.34. The molecule has 0 aliphatic rings. The molecule has 0 N–H and O–H groups in total. The lowest BCUT2D eigenvalue weighted by molar-refractivity contribution is 0.382. The van der Waals surface area contributed by atoms with Gasteiger partial charge in [-0.1, -0.05) is 62.2 Å². The van der Waals surface area contributed by atoms with E-state index in [4.69, 9.17) is 4.74 Å². The zero-order valence-corrected chi connectivity index (χ0v) is 15.0. The molecule has 2 aromatic rings. The quantitative estimate of drug-likeness (QED) is 0.574. The van der Waals surface area contributed by atoms with E-state index < -0.39 is 0 Å². The molecule has 0 heterocycles. The van der Waals surface area contributed by atoms with Gasteiger partial charge in [0.25, 0.3) is 0 Å². The molecule has 0 fully saturated rings. The van der Waals surface area contributed by atoms with Gasteiger partial charge in [-0.15, -0.1) is 0 Å². The Kier molecular flexibility index (Phi) is 6.24. The highest BCUT2D eigenvalue weighted by Crippen LogP contribution is 2.26. The first-order chi connectivity index (χ1) is 10.2. The first-order valence-corrected chi connectivity index (χ1v) is 8.68. The molecule has 0 saturated carbocycles. The Morgan fingerprint density at radius 2 is 1.71 bits per heavy atom. The second kappa shape index (κ2) is 7.95. The number of hydrogen-bond donors (Lipinski definition) is 0. The largest absolute Gasteiger partial charge is 0.494 e. The van der Waals surface area contributed by atoms with Crippen LogP contribution in [0.5, 0.6) is 5.75 Å². The maximum atomic E-state index is 14.2. The van der Waals surface area contributed by atoms with Gasteiger partial charge in [-0.25, -0.2) is 4.39 Å². The third kappa shape index (κ3) is 4.30. The highest BCUT2D eigenvalue weighted by atomic mass is 79.9. The molecule has 0 spiro atoms. The van der Waals surface area contributed by atoms with Crippen LogP contribution >= 0.6 is 31.9 Å². The summed E-state index contributed by atoms with van der Waals surface area (Å²) in [6.07, 6.45) is 1.57. The van der Waals surface area contributed by atoms with Crippen molar-refractivity contribution in [3.8, 4) is 5.75 Å². The van der Waals surface area contributed by atoms with Crippen LogP contribution in [0.15, 0.2) is 46.9 Å². The Morgan fingerprint density at radius 3 is 2.38 bits per heavy atom. The third-order valence-corrected chi connectivity index (χ3v) is 5.15. The van der Waals surface area contributed by atoms with E-state index in [-0.39, 0.29) is 5.82 Å². The lowest BCUT2D eigenvalue weighted by Gasteiger charge is -2.16. The predicted molar refractivity (Wildman–Crippen MR) is 91.8 cm³/mol. The molecule has 112 valence electrons. The van der Waals surface area contributed by atoms with Crippen LogP contribution in [0, 0.1) is 11.7 Å². The molecule has 1 atom stereocenters. The molecule has 2 aromatic carbocycles. The van der Waals surface area contributed by atoms with Gasteiger partial charge in [-0.05, 0) is 42.0 Å². The highest BCUT2D eigenvalue weighted by Gasteiger charge is 2.15. The molecule has 0 aliphatic heterocycles. The Morgan fingerprint density at radius 1 is 1.05 bits per heavy atom. The average molecular weight is 416 g/mol. The molecule has 0 aromatic heterocycles. The molecule has 0 bridgehead atoms. The molecule has 0 radical (unpaired) electrons. The van der Waals surface area contributed by atoms with Crippen molar-refractivity contribution in [1.29, 1.82) is 0 Å². The van der Waals surface area contributed by atoms with Gasteiger partial charge in [0, 0.05) is 9.80 Å². The average Bonchev–Trinajstić information content (AvgIpc) is 2.50. The monoisotopic (exact) mass is 414 g/mol. The number of halogens is 3. The molecular formula is C17H17Br2FO. The van der Waals surface area contributed by atoms with E-state index in [1.165, 1.54) is 12.7 Å². The van der Waals surface area contributed by atoms with Crippen molar-refractivity contribution in [3.05, 3.63) is 63.9 Å². The van der Waals surface area contributed by atoms with Gasteiger partial charge in [-0.2, -0.15) is 0 Å². The summed E-state index contributed by atoms with van der Waals surface area (Å²) < 4.78 is 20.4. The van der Waals surface area contributed by atoms with Gasteiger partial charge in [0.05, 0.1) is 7.11 Å². The van der Waals surface area contributed by atoms with Gasteiger partial charge in [0.1, 0.15) is 0 Å². The number of benzene rings is 2. The molecule has 0 saturated heterocycles. The van der Waals surface area contributed by atoms with E-state index in [2.05, 4.69) is 37.9 Å². The maximum Gasteiger partial charge on any atom is 0.168 e. The van der Waals surface area contributed by atoms with Crippen LogP contribution in [0.1, 0.15) is 11.1 Å². The van der Waals surface area contributed by atoms with Crippen LogP contribution in [-0.4, -0.2) is 12.4 Å². The van der Waals surface area contributed by atoms with Gasteiger partial charge in [0.15, 0.2) is 11.6 Å². The standard InChI is InChI=1S/C17H17Br2FO/c1-21-16-8-4-6-14(17(16)20)10-12(11-18)9-13-5-2-3-7-15(13)19/h2-8,12H,9-11H2,1H3. The zero-order valence-electron chi connectivity index (χ0n) is 11.8. The van der Waals surface area contributed by atoms with Crippen molar-refractivity contribution in [1.82, 2.24) is 0 Å². The number of hydrogen-bond acceptors (Lipinski definition) is 1. The fraction of sp³-hybridized carbons (Fsp3) is 0.294. The number of ether oxygens (including phenoxy) is 1. The van der Waals surface area contributed by atoms with E-state index in [0.717, 1.165) is 16.2 Å². The molecule has 1 nitrogen and oxygen atoms in total. The van der Waals surface area contributed by atoms with E-state index in [1.807, 2.05) is 30.3 Å². The maximum absolute atomic E-state index is 14.2. The van der Waals surface area contributed by atoms with Gasteiger partial charge >= 0.3 is 0 Å². The summed E-state index contributed by atoms with van der Waals surface area (Å²) in [5, 5.41) is 0.824. The minimum Gasteiger partial charge on any atom is -0.494 e. The van der Waals surface area contributed by atoms with E-state index in [0.29, 0.717) is 23.7 Å². The van der Waals surface area contributed by atoms with Crippen LogP contribution in [0.4, 0.5) is 4.39 Å². The normalized spacial score (nSPS) is 12.2. The minimum absolute atomic E-state index is 0.252. The Bertz CT molecular complexity index is 601. The van der Waals surface area contributed by atoms with Crippen LogP contribution < -0.4 is 4.74 Å². The van der Waals surface area contributed by atoms with Crippen LogP contribution in [-0.2, 0) is 12.8 Å². The van der Waals surface area contributed by atoms with E-state index in [1.54, 1.807) is 6.07 Å². The summed E-state index contributed by atoms with van der Waals surface area (Å²) in [5.74, 6) is 0.380. The molecule has 1 unspecified atom stereocenters. The second-order valence-corrected chi connectivity index (χ2v) is 6.46. The number of methoxy groups -OCH3 is 1. The SMILES string of the molecule is COc1cccc(CC(CBr)Cc2ccccc2Br)c1F. The minimum atomic E-state index is -0.252. The highest BCUT2D eigenvalue weighted by molar-refractivity contribution is 9.10. The molecule has 2 rings (SSSR count). The first kappa shape index (κ1) is 16.5. The van der Waals surface area contributed by atoms with Crippen LogP contribution in [0.3, 0.4) is 0 Å². The Labute approximate surface area is 141 Å². The van der Waals surface area contributed by atoms with Gasteiger partial charge < -0.3 is 4.74 Å². The van der Waals surface area contributed by atoms with Gasteiger partial charge in [-0.3, -0.25) is 0 Å². The first-order valence-electron chi connectivity index (χ1n) is 6.76. The number of rotatable bonds is 6. The second-order valence-electron chi connectivity index (χ2n) is 4.95. The smallest absolute Gasteiger partial charge is 0.168 e. The predicted octanol–water partition coefficient (Wildman–Crippen LogP) is 5.39. The number of alkyl halides is 1. The van der Waals surface area contributed by atoms with Crippen LogP contribution in [0.25, 0.3) is 0 Å². The van der Waals surface area contributed by atoms with Crippen molar-refractivity contribution >= 4 is 31.9 Å². The Hall–Kier alpha value is -0.870. The molecule has 21 heavy (non-hydrogen) atoms. The molecular weight excluding hydrogens is 399 g/mol. The van der Waals surface area contributed by atoms with Crippen LogP contribution in [0.2, 0.25) is 0 Å². The summed E-state index contributed by atoms with van der Waals surface area (Å²) in [4.78, 5) is 0. The van der Waals surface area contributed by atoms with Crippen molar-refractivity contribution in [2.45, 2.75) is 12.8 Å². The topological polar surface area (TPSA) is 9.23 Å². The van der Waals surface area contributed by atoms with Crippen molar-refractivity contribution in [2.24, 2.45) is 5.92 Å². The lowest BCUT2D eigenvalue weighted by Crippen LogP contribution is -2.11. The lowest BCUT2D eigenvalue weighted by atomic mass is 9.94. The van der Waals surface area contributed by atoms with Crippen molar-refractivity contribution in [2.75, 3.05) is 12.4 Å². The fourth-order valence-corrected chi connectivity index (χ4v) is 3.24. The van der Waals surface area contributed by atoms with Gasteiger partial charge in [0.2, 0.25) is 0 Å². The summed E-state index contributed by atoms with van der Waals surface area (Å²) in [6, 6.07) is 13.5. The van der Waals surface area contributed by atoms with Crippen molar-refractivity contribution < 1.29 is 9.13 Å². The summed E-state index contributed by atoms with van der Waals surface area (Å²) >= 11 is 7.11. The summed E-state index contributed by atoms with van der Waals surface area (Å²) in [7, 11) is 1.49. The molecule has 0 amide bonds. The third-order valence-electron chi connectivity index (χ3n) is 3.46. The zero-order chi connectivity index (χ0) is 15.2. The Balaban J connectivity index is 2.15. The van der Waals surface area contributed by atoms with E-state index >= 15 is 0 Å². The summed E-state index contributed by atoms with van der Waals surface area (Å²) in [5.41, 5.74) is 1.94. The van der Waals surface area contributed by atoms with Crippen molar-refractivity contribution in [3.63, 3.8) is 0 Å². The molecule has 4 heteroatoms. The van der Waals surface area contributed by atoms with E-state index in [9.17, 15) is 4.39 Å². The molecule has 0 aliphatic carbocycles.